The highest BCUT2D eigenvalue weighted by molar-refractivity contribution is 6.39. The summed E-state index contributed by atoms with van der Waals surface area (Å²) in [7, 11) is 0. The molecule has 0 saturated carbocycles. The second-order valence-corrected chi connectivity index (χ2v) is 6.25. The van der Waals surface area contributed by atoms with Gasteiger partial charge in [0.2, 0.25) is 0 Å². The number of H-pyrrole nitrogens is 1. The topological polar surface area (TPSA) is 87.5 Å². The maximum atomic E-state index is 9.39. The fourth-order valence-electron chi connectivity index (χ4n) is 2.22. The van der Waals surface area contributed by atoms with Crippen molar-refractivity contribution in [2.45, 2.75) is 20.0 Å². The first kappa shape index (κ1) is 17.2. The van der Waals surface area contributed by atoms with Gasteiger partial charge in [-0.2, -0.15) is 5.26 Å². The van der Waals surface area contributed by atoms with Gasteiger partial charge in [-0.15, -0.1) is 0 Å². The van der Waals surface area contributed by atoms with Crippen LogP contribution in [-0.4, -0.2) is 26.0 Å². The molecule has 1 aromatic carbocycles. The van der Waals surface area contributed by atoms with Crippen molar-refractivity contribution in [2.75, 3.05) is 0 Å². The number of hydrogen-bond donors (Lipinski definition) is 1. The number of nitrogens with one attached hydrogen (secondary N) is 1. The Hall–Kier alpha value is -2.62. The Bertz CT molecular complexity index is 924. The molecule has 25 heavy (non-hydrogen) atoms. The summed E-state index contributed by atoms with van der Waals surface area (Å²) in [4.78, 5) is 15.7. The van der Waals surface area contributed by atoms with Gasteiger partial charge in [0.1, 0.15) is 11.9 Å². The van der Waals surface area contributed by atoms with Crippen LogP contribution in [0.5, 0.6) is 6.01 Å². The number of ether oxygens (including phenoxy) is 1. The third-order valence-corrected chi connectivity index (χ3v) is 3.90. The van der Waals surface area contributed by atoms with E-state index in [1.54, 1.807) is 30.6 Å². The Morgan fingerprint density at radius 1 is 1.16 bits per heavy atom. The molecule has 0 fully saturated rings. The molecule has 1 N–H and O–H groups in total. The Balaban J connectivity index is 2.04. The molecule has 6 nitrogen and oxygen atoms in total. The molecule has 3 rings (SSSR count). The Morgan fingerprint density at radius 3 is 2.36 bits per heavy atom. The van der Waals surface area contributed by atoms with E-state index in [0.717, 1.165) is 0 Å². The predicted octanol–water partition coefficient (Wildman–Crippen LogP) is 4.50. The van der Waals surface area contributed by atoms with Crippen LogP contribution in [0.1, 0.15) is 19.5 Å². The maximum absolute atomic E-state index is 9.39. The van der Waals surface area contributed by atoms with Crippen molar-refractivity contribution in [3.05, 3.63) is 46.3 Å². The second-order valence-electron chi connectivity index (χ2n) is 5.44. The first-order valence-electron chi connectivity index (χ1n) is 7.43. The van der Waals surface area contributed by atoms with Crippen molar-refractivity contribution in [3.8, 4) is 34.7 Å². The van der Waals surface area contributed by atoms with Crippen LogP contribution in [0.25, 0.3) is 22.6 Å². The number of nitrogens with zero attached hydrogens (tertiary/aromatic N) is 4. The van der Waals surface area contributed by atoms with Crippen LogP contribution in [0.2, 0.25) is 10.0 Å². The van der Waals surface area contributed by atoms with Crippen LogP contribution in [-0.2, 0) is 0 Å². The van der Waals surface area contributed by atoms with Gasteiger partial charge < -0.3 is 9.72 Å². The molecule has 126 valence electrons. The van der Waals surface area contributed by atoms with Crippen molar-refractivity contribution in [1.82, 2.24) is 19.9 Å². The minimum atomic E-state index is -0.0263. The maximum Gasteiger partial charge on any atom is 0.316 e. The molecule has 0 spiro atoms. The molecule has 2 aromatic heterocycles. The summed E-state index contributed by atoms with van der Waals surface area (Å²) >= 11 is 12.4. The summed E-state index contributed by atoms with van der Waals surface area (Å²) < 4.78 is 5.42. The van der Waals surface area contributed by atoms with Gasteiger partial charge in [-0.25, -0.2) is 15.0 Å². The van der Waals surface area contributed by atoms with Crippen molar-refractivity contribution in [3.63, 3.8) is 0 Å². The van der Waals surface area contributed by atoms with Gasteiger partial charge in [-0.05, 0) is 26.0 Å². The van der Waals surface area contributed by atoms with Crippen molar-refractivity contribution in [1.29, 1.82) is 5.26 Å². The fourth-order valence-corrected chi connectivity index (χ4v) is 2.80. The fraction of sp³-hybridized carbons (Fsp3) is 0.176. The normalized spacial score (nSPS) is 10.7. The SMILES string of the molecule is CC(C)Oc1ncc(-c2[nH]c(-c3c(Cl)cccc3Cl)nc2C#N)cn1. The first-order chi connectivity index (χ1) is 12.0. The molecule has 0 bridgehead atoms. The highest BCUT2D eigenvalue weighted by Crippen LogP contribution is 2.34. The third kappa shape index (κ3) is 3.58. The monoisotopic (exact) mass is 373 g/mol. The number of aromatic nitrogens is 4. The van der Waals surface area contributed by atoms with E-state index in [9.17, 15) is 5.26 Å². The van der Waals surface area contributed by atoms with Gasteiger partial charge in [0.15, 0.2) is 5.69 Å². The zero-order chi connectivity index (χ0) is 18.0. The highest BCUT2D eigenvalue weighted by atomic mass is 35.5. The largest absolute Gasteiger partial charge is 0.461 e. The lowest BCUT2D eigenvalue weighted by Crippen LogP contribution is -2.08. The van der Waals surface area contributed by atoms with Crippen LogP contribution in [0.3, 0.4) is 0 Å². The molecule has 8 heteroatoms. The quantitative estimate of drug-likeness (QED) is 0.727. The van der Waals surface area contributed by atoms with Crippen molar-refractivity contribution in [2.24, 2.45) is 0 Å². The summed E-state index contributed by atoms with van der Waals surface area (Å²) in [5, 5.41) is 10.3. The summed E-state index contributed by atoms with van der Waals surface area (Å²) in [6.07, 6.45) is 3.11. The van der Waals surface area contributed by atoms with E-state index in [1.165, 1.54) is 0 Å². The smallest absolute Gasteiger partial charge is 0.316 e. The molecular formula is C17H13Cl2N5O. The van der Waals surface area contributed by atoms with E-state index in [4.69, 9.17) is 27.9 Å². The molecule has 0 saturated heterocycles. The molecule has 0 aliphatic heterocycles. The Morgan fingerprint density at radius 2 is 1.80 bits per heavy atom. The minimum absolute atomic E-state index is 0.0263. The minimum Gasteiger partial charge on any atom is -0.461 e. The summed E-state index contributed by atoms with van der Waals surface area (Å²) in [6.45, 7) is 3.78. The van der Waals surface area contributed by atoms with E-state index >= 15 is 0 Å². The number of nitriles is 1. The number of hydrogen-bond acceptors (Lipinski definition) is 5. The zero-order valence-corrected chi connectivity index (χ0v) is 14.9. The van der Waals surface area contributed by atoms with Gasteiger partial charge >= 0.3 is 6.01 Å². The molecule has 0 aliphatic rings. The Kier molecular flexibility index (Phi) is 4.88. The van der Waals surface area contributed by atoms with Crippen LogP contribution in [0, 0.1) is 11.3 Å². The summed E-state index contributed by atoms with van der Waals surface area (Å²) in [6, 6.07) is 7.48. The average Bonchev–Trinajstić information content (AvgIpc) is 2.99. The molecule has 0 atom stereocenters. The van der Waals surface area contributed by atoms with Gasteiger partial charge in [-0.3, -0.25) is 0 Å². The van der Waals surface area contributed by atoms with Gasteiger partial charge in [0.05, 0.1) is 27.4 Å². The number of aromatic amines is 1. The number of rotatable bonds is 4. The molecule has 3 aromatic rings. The van der Waals surface area contributed by atoms with Crippen LogP contribution < -0.4 is 4.74 Å². The molecule has 0 unspecified atom stereocenters. The molecule has 0 aliphatic carbocycles. The van der Waals surface area contributed by atoms with E-state index in [-0.39, 0.29) is 17.8 Å². The van der Waals surface area contributed by atoms with Gasteiger partial charge in [-0.1, -0.05) is 29.3 Å². The number of imidazole rings is 1. The lowest BCUT2D eigenvalue weighted by Gasteiger charge is -2.07. The first-order valence-corrected chi connectivity index (χ1v) is 8.18. The average molecular weight is 374 g/mol. The standard InChI is InChI=1S/C17H13Cl2N5O/c1-9(2)25-17-21-7-10(8-22-17)15-13(6-20)23-16(24-15)14-11(18)4-3-5-12(14)19/h3-5,7-9H,1-2H3,(H,23,24). The third-order valence-electron chi connectivity index (χ3n) is 3.27. The highest BCUT2D eigenvalue weighted by Gasteiger charge is 2.18. The lowest BCUT2D eigenvalue weighted by molar-refractivity contribution is 0.222. The molecule has 0 amide bonds. The molecule has 0 radical (unpaired) electrons. The van der Waals surface area contributed by atoms with E-state index in [2.05, 4.69) is 26.0 Å². The summed E-state index contributed by atoms with van der Waals surface area (Å²) in [5.41, 5.74) is 1.83. The van der Waals surface area contributed by atoms with Crippen LogP contribution in [0.15, 0.2) is 30.6 Å². The zero-order valence-electron chi connectivity index (χ0n) is 13.4. The van der Waals surface area contributed by atoms with Crippen LogP contribution in [0.4, 0.5) is 0 Å². The van der Waals surface area contributed by atoms with Gasteiger partial charge in [0.25, 0.3) is 0 Å². The number of halogens is 2. The molecular weight excluding hydrogens is 361 g/mol. The van der Waals surface area contributed by atoms with E-state index < -0.39 is 0 Å². The van der Waals surface area contributed by atoms with Crippen molar-refractivity contribution < 1.29 is 4.74 Å². The lowest BCUT2D eigenvalue weighted by atomic mass is 10.2. The van der Waals surface area contributed by atoms with E-state index in [0.29, 0.717) is 32.7 Å². The second kappa shape index (κ2) is 7.09. The van der Waals surface area contributed by atoms with Crippen molar-refractivity contribution >= 4 is 23.2 Å². The van der Waals surface area contributed by atoms with E-state index in [1.807, 2.05) is 13.8 Å². The Labute approximate surface area is 154 Å². The van der Waals surface area contributed by atoms with Crippen LogP contribution >= 0.6 is 23.2 Å². The summed E-state index contributed by atoms with van der Waals surface area (Å²) in [5.74, 6) is 0.407. The van der Waals surface area contributed by atoms with Gasteiger partial charge in [0, 0.05) is 18.0 Å². The number of benzene rings is 1. The predicted molar refractivity (Wildman–Crippen MR) is 95.5 cm³/mol. The molecule has 2 heterocycles.